The second kappa shape index (κ2) is 4.43. The van der Waals surface area contributed by atoms with Crippen molar-refractivity contribution in [3.8, 4) is 0 Å². The Kier molecular flexibility index (Phi) is 2.86. The summed E-state index contributed by atoms with van der Waals surface area (Å²) in [5.41, 5.74) is 1.14. The maximum Gasteiger partial charge on any atom is 0.202 e. The minimum atomic E-state index is -3.36. The van der Waals surface area contributed by atoms with Crippen LogP contribution in [-0.2, 0) is 9.84 Å². The van der Waals surface area contributed by atoms with E-state index in [0.717, 1.165) is 37.7 Å². The highest BCUT2D eigenvalue weighted by Gasteiger charge is 2.57. The predicted octanol–water partition coefficient (Wildman–Crippen LogP) is 3.06. The molecule has 0 bridgehead atoms. The average Bonchev–Trinajstić information content (AvgIpc) is 3.10. The lowest BCUT2D eigenvalue weighted by atomic mass is 9.77. The van der Waals surface area contributed by atoms with Crippen LogP contribution in [0.4, 0.5) is 0 Å². The van der Waals surface area contributed by atoms with Gasteiger partial charge in [-0.3, -0.25) is 0 Å². The molecule has 21 heavy (non-hydrogen) atoms. The first-order valence-corrected chi connectivity index (χ1v) is 9.25. The monoisotopic (exact) mass is 304 g/mol. The van der Waals surface area contributed by atoms with E-state index in [-0.39, 0.29) is 17.4 Å². The summed E-state index contributed by atoms with van der Waals surface area (Å²) in [6, 6.07) is 8.76. The number of benzene rings is 1. The van der Waals surface area contributed by atoms with Crippen LogP contribution in [0.2, 0.25) is 0 Å². The van der Waals surface area contributed by atoms with E-state index in [1.165, 1.54) is 0 Å². The Morgan fingerprint density at radius 1 is 1.05 bits per heavy atom. The molecule has 1 spiro atoms. The van der Waals surface area contributed by atoms with Gasteiger partial charge in [0, 0.05) is 4.91 Å². The van der Waals surface area contributed by atoms with Crippen molar-refractivity contribution in [2.75, 3.05) is 0 Å². The summed E-state index contributed by atoms with van der Waals surface area (Å²) in [5, 5.41) is 10.2. The third-order valence-corrected chi connectivity index (χ3v) is 7.87. The van der Waals surface area contributed by atoms with E-state index in [2.05, 4.69) is 0 Å². The molecule has 4 heteroatoms. The van der Waals surface area contributed by atoms with Gasteiger partial charge >= 0.3 is 0 Å². The zero-order valence-electron chi connectivity index (χ0n) is 12.0. The van der Waals surface area contributed by atoms with Crippen molar-refractivity contribution in [2.45, 2.75) is 49.5 Å². The molecule has 3 aliphatic rings. The van der Waals surface area contributed by atoms with Crippen LogP contribution in [0, 0.1) is 11.3 Å². The highest BCUT2D eigenvalue weighted by atomic mass is 32.2. The van der Waals surface area contributed by atoms with E-state index >= 15 is 0 Å². The van der Waals surface area contributed by atoms with E-state index in [1.54, 1.807) is 24.3 Å². The molecule has 0 saturated heterocycles. The molecule has 112 valence electrons. The smallest absolute Gasteiger partial charge is 0.202 e. The van der Waals surface area contributed by atoms with Crippen LogP contribution >= 0.6 is 0 Å². The number of allylic oxidation sites excluding steroid dienone is 2. The Morgan fingerprint density at radius 2 is 1.81 bits per heavy atom. The first kappa shape index (κ1) is 13.5. The van der Waals surface area contributed by atoms with Gasteiger partial charge in [0.15, 0.2) is 0 Å². The Balaban J connectivity index is 1.83. The molecule has 0 radical (unpaired) electrons. The number of hydrogen-bond donors (Lipinski definition) is 1. The zero-order valence-corrected chi connectivity index (χ0v) is 12.8. The SMILES string of the molecule is O=S(=O)(C1=C2CC[C@@H]3[C@H](O)CC[C@]23CC1)c1ccccc1. The van der Waals surface area contributed by atoms with Crippen molar-refractivity contribution in [1.82, 2.24) is 0 Å². The quantitative estimate of drug-likeness (QED) is 0.913. The molecule has 0 unspecified atom stereocenters. The fourth-order valence-electron chi connectivity index (χ4n) is 4.96. The first-order chi connectivity index (χ1) is 10.1. The fourth-order valence-corrected chi connectivity index (χ4v) is 6.76. The Hall–Kier alpha value is -1.13. The normalized spacial score (nSPS) is 35.1. The van der Waals surface area contributed by atoms with E-state index in [0.29, 0.717) is 16.2 Å². The number of aliphatic hydroxyl groups excluding tert-OH is 1. The summed E-state index contributed by atoms with van der Waals surface area (Å²) >= 11 is 0. The van der Waals surface area contributed by atoms with Crippen LogP contribution in [0.25, 0.3) is 0 Å². The Labute approximate surface area is 125 Å². The molecule has 0 amide bonds. The summed E-state index contributed by atoms with van der Waals surface area (Å²) in [6.07, 6.45) is 4.91. The fraction of sp³-hybridized carbons (Fsp3) is 0.529. The van der Waals surface area contributed by atoms with Crippen molar-refractivity contribution in [3.63, 3.8) is 0 Å². The molecule has 1 aromatic rings. The Bertz CT molecular complexity index is 705. The highest BCUT2D eigenvalue weighted by molar-refractivity contribution is 7.95. The van der Waals surface area contributed by atoms with Crippen molar-refractivity contribution < 1.29 is 13.5 Å². The zero-order chi connectivity index (χ0) is 14.7. The third kappa shape index (κ3) is 1.72. The molecule has 3 aliphatic carbocycles. The minimum Gasteiger partial charge on any atom is -0.393 e. The second-order valence-electron chi connectivity index (χ2n) is 6.63. The van der Waals surface area contributed by atoms with Crippen LogP contribution in [-0.4, -0.2) is 19.6 Å². The maximum absolute atomic E-state index is 12.9. The standard InChI is InChI=1S/C17H20O3S/c18-15-8-10-17-11-9-16(14(17)7-6-13(15)17)21(19,20)12-4-2-1-3-5-12/h1-5,13,15,18H,6-11H2/t13-,15-,17-/m1/s1. The van der Waals surface area contributed by atoms with Crippen molar-refractivity contribution >= 4 is 9.84 Å². The maximum atomic E-state index is 12.9. The first-order valence-electron chi connectivity index (χ1n) is 7.76. The minimum absolute atomic E-state index is 0.00337. The van der Waals surface area contributed by atoms with Crippen LogP contribution in [0.1, 0.15) is 38.5 Å². The highest BCUT2D eigenvalue weighted by Crippen LogP contribution is 2.65. The summed E-state index contributed by atoms with van der Waals surface area (Å²) in [6.45, 7) is 0. The lowest BCUT2D eigenvalue weighted by molar-refractivity contribution is 0.104. The molecular weight excluding hydrogens is 284 g/mol. The molecule has 1 aromatic carbocycles. The Morgan fingerprint density at radius 3 is 2.57 bits per heavy atom. The van der Waals surface area contributed by atoms with Crippen LogP contribution < -0.4 is 0 Å². The van der Waals surface area contributed by atoms with Gasteiger partial charge in [-0.05, 0) is 67.6 Å². The molecule has 4 rings (SSSR count). The van der Waals surface area contributed by atoms with Gasteiger partial charge in [-0.15, -0.1) is 0 Å². The van der Waals surface area contributed by atoms with Gasteiger partial charge in [-0.2, -0.15) is 0 Å². The summed E-state index contributed by atoms with van der Waals surface area (Å²) in [5.74, 6) is 0.288. The van der Waals surface area contributed by atoms with Gasteiger partial charge in [0.25, 0.3) is 0 Å². The van der Waals surface area contributed by atoms with Gasteiger partial charge < -0.3 is 5.11 Å². The van der Waals surface area contributed by atoms with Crippen LogP contribution in [0.5, 0.6) is 0 Å². The van der Waals surface area contributed by atoms with Gasteiger partial charge in [-0.25, -0.2) is 8.42 Å². The number of rotatable bonds is 2. The van der Waals surface area contributed by atoms with E-state index < -0.39 is 9.84 Å². The lowest BCUT2D eigenvalue weighted by Gasteiger charge is -2.27. The molecule has 2 saturated carbocycles. The number of sulfone groups is 1. The largest absolute Gasteiger partial charge is 0.393 e. The molecule has 3 nitrogen and oxygen atoms in total. The number of hydrogen-bond acceptors (Lipinski definition) is 3. The topological polar surface area (TPSA) is 54.4 Å². The van der Waals surface area contributed by atoms with Gasteiger partial charge in [0.1, 0.15) is 0 Å². The molecule has 3 atom stereocenters. The predicted molar refractivity (Wildman–Crippen MR) is 80.3 cm³/mol. The molecule has 0 aromatic heterocycles. The van der Waals surface area contributed by atoms with E-state index in [9.17, 15) is 13.5 Å². The van der Waals surface area contributed by atoms with Crippen LogP contribution in [0.15, 0.2) is 45.7 Å². The summed E-state index contributed by atoms with van der Waals surface area (Å²) in [4.78, 5) is 1.07. The van der Waals surface area contributed by atoms with Crippen molar-refractivity contribution in [1.29, 1.82) is 0 Å². The molecule has 2 fully saturated rings. The molecule has 0 heterocycles. The third-order valence-electron chi connectivity index (χ3n) is 5.88. The average molecular weight is 304 g/mol. The van der Waals surface area contributed by atoms with Crippen molar-refractivity contribution in [2.24, 2.45) is 11.3 Å². The lowest BCUT2D eigenvalue weighted by Crippen LogP contribution is -2.24. The molecule has 1 N–H and O–H groups in total. The molecular formula is C17H20O3S. The van der Waals surface area contributed by atoms with Crippen LogP contribution in [0.3, 0.4) is 0 Å². The van der Waals surface area contributed by atoms with Gasteiger partial charge in [0.05, 0.1) is 11.0 Å². The summed E-state index contributed by atoms with van der Waals surface area (Å²) in [7, 11) is -3.36. The van der Waals surface area contributed by atoms with E-state index in [1.807, 2.05) is 6.07 Å². The second-order valence-corrected chi connectivity index (χ2v) is 8.60. The number of aliphatic hydroxyl groups is 1. The van der Waals surface area contributed by atoms with Gasteiger partial charge in [0.2, 0.25) is 9.84 Å². The molecule has 0 aliphatic heterocycles. The van der Waals surface area contributed by atoms with E-state index in [4.69, 9.17) is 0 Å². The van der Waals surface area contributed by atoms with Crippen molar-refractivity contribution in [3.05, 3.63) is 40.8 Å². The van der Waals surface area contributed by atoms with Gasteiger partial charge in [-0.1, -0.05) is 18.2 Å². The summed E-state index contributed by atoms with van der Waals surface area (Å²) < 4.78 is 25.8.